The van der Waals surface area contributed by atoms with E-state index >= 15 is 0 Å². The molecule has 34 heavy (non-hydrogen) atoms. The number of aliphatic hydroxyl groups is 1. The molecule has 0 fully saturated rings. The molecule has 178 valence electrons. The van der Waals surface area contributed by atoms with E-state index in [1.54, 1.807) is 38.5 Å². The second-order valence-corrected chi connectivity index (χ2v) is 7.73. The molecule has 0 radical (unpaired) electrons. The van der Waals surface area contributed by atoms with Crippen molar-refractivity contribution in [3.63, 3.8) is 0 Å². The number of aliphatic hydroxyl groups excluding tert-OH is 1. The Kier molecular flexibility index (Phi) is 6.34. The summed E-state index contributed by atoms with van der Waals surface area (Å²) in [6.45, 7) is 0.436. The first-order chi connectivity index (χ1) is 16.2. The van der Waals surface area contributed by atoms with Gasteiger partial charge in [-0.3, -0.25) is 0 Å². The van der Waals surface area contributed by atoms with Crippen LogP contribution in [0.25, 0.3) is 22.2 Å². The second kappa shape index (κ2) is 9.22. The van der Waals surface area contributed by atoms with Crippen LogP contribution in [0, 0.1) is 0 Å². The van der Waals surface area contributed by atoms with Gasteiger partial charge in [0.25, 0.3) is 0 Å². The van der Waals surface area contributed by atoms with E-state index in [4.69, 9.17) is 14.1 Å². The Morgan fingerprint density at radius 3 is 2.50 bits per heavy atom. The molecule has 10 heteroatoms. The molecule has 4 aromatic rings. The van der Waals surface area contributed by atoms with Gasteiger partial charge in [-0.1, -0.05) is 18.2 Å². The highest BCUT2D eigenvalue weighted by Crippen LogP contribution is 2.37. The lowest BCUT2D eigenvalue weighted by atomic mass is 9.99. The molecule has 1 atom stereocenters. The number of fused-ring (bicyclic) bond motifs is 1. The number of alkyl halides is 3. The lowest BCUT2D eigenvalue weighted by molar-refractivity contribution is -0.206. The maximum atomic E-state index is 13.0. The van der Waals surface area contributed by atoms with Crippen LogP contribution in [-0.2, 0) is 6.54 Å². The number of methoxy groups -OCH3 is 2. The highest BCUT2D eigenvalue weighted by atomic mass is 19.4. The Hall–Kier alpha value is -3.79. The largest absolute Gasteiger partial charge is 0.497 e. The molecule has 4 rings (SSSR count). The van der Waals surface area contributed by atoms with Crippen LogP contribution in [0.4, 0.5) is 18.9 Å². The SMILES string of the molecule is COc1ccc(CN(C)c2cc(-c3cccc(C(O)C(F)(F)F)c3)cc3nonc23)c(OC)c1. The van der Waals surface area contributed by atoms with Crippen molar-refractivity contribution in [1.29, 1.82) is 0 Å². The lowest BCUT2D eigenvalue weighted by Crippen LogP contribution is -2.20. The van der Waals surface area contributed by atoms with E-state index in [0.717, 1.165) is 5.56 Å². The minimum atomic E-state index is -4.76. The molecule has 0 bridgehead atoms. The summed E-state index contributed by atoms with van der Waals surface area (Å²) in [5, 5.41) is 17.6. The van der Waals surface area contributed by atoms with Crippen molar-refractivity contribution in [2.75, 3.05) is 26.2 Å². The molecule has 1 unspecified atom stereocenters. The molecule has 7 nitrogen and oxygen atoms in total. The second-order valence-electron chi connectivity index (χ2n) is 7.73. The third kappa shape index (κ3) is 4.62. The van der Waals surface area contributed by atoms with Gasteiger partial charge >= 0.3 is 6.18 Å². The van der Waals surface area contributed by atoms with Crippen molar-refractivity contribution in [3.8, 4) is 22.6 Å². The maximum absolute atomic E-state index is 13.0. The maximum Gasteiger partial charge on any atom is 0.418 e. The quantitative estimate of drug-likeness (QED) is 0.398. The molecule has 0 aliphatic rings. The van der Waals surface area contributed by atoms with Gasteiger partial charge in [0.15, 0.2) is 11.6 Å². The van der Waals surface area contributed by atoms with Crippen LogP contribution in [0.3, 0.4) is 0 Å². The summed E-state index contributed by atoms with van der Waals surface area (Å²) in [6.07, 6.45) is -7.34. The molecular weight excluding hydrogens is 451 g/mol. The first-order valence-corrected chi connectivity index (χ1v) is 10.2. The molecule has 0 saturated carbocycles. The molecule has 0 saturated heterocycles. The van der Waals surface area contributed by atoms with E-state index in [0.29, 0.717) is 45.9 Å². The molecule has 1 N–H and O–H groups in total. The van der Waals surface area contributed by atoms with Crippen LogP contribution in [0.1, 0.15) is 17.2 Å². The van der Waals surface area contributed by atoms with Gasteiger partial charge in [-0.05, 0) is 57.3 Å². The lowest BCUT2D eigenvalue weighted by Gasteiger charge is -2.22. The smallest absolute Gasteiger partial charge is 0.418 e. The molecule has 0 aliphatic heterocycles. The average Bonchev–Trinajstić information content (AvgIpc) is 3.31. The summed E-state index contributed by atoms with van der Waals surface area (Å²) in [5.41, 5.74) is 3.34. The Bertz CT molecular complexity index is 1310. The normalized spacial score (nSPS) is 12.6. The van der Waals surface area contributed by atoms with Crippen molar-refractivity contribution in [1.82, 2.24) is 10.3 Å². The van der Waals surface area contributed by atoms with Gasteiger partial charge in [-0.25, -0.2) is 4.63 Å². The summed E-state index contributed by atoms with van der Waals surface area (Å²) in [7, 11) is 4.99. The molecule has 0 aliphatic carbocycles. The zero-order chi connectivity index (χ0) is 24.5. The number of aromatic nitrogens is 2. The van der Waals surface area contributed by atoms with Crippen LogP contribution >= 0.6 is 0 Å². The molecule has 3 aromatic carbocycles. The predicted octanol–water partition coefficient (Wildman–Crippen LogP) is 5.14. The van der Waals surface area contributed by atoms with Crippen molar-refractivity contribution < 1.29 is 32.4 Å². The van der Waals surface area contributed by atoms with Crippen LogP contribution < -0.4 is 14.4 Å². The standard InChI is InChI=1S/C24H22F3N3O4/c1-30(13-16-7-8-18(32-2)12-21(16)33-3)20-11-17(10-19-22(20)29-34-28-19)14-5-4-6-15(9-14)23(31)24(25,26)27/h4-12,23,31H,13H2,1-3H3. The van der Waals surface area contributed by atoms with E-state index in [9.17, 15) is 18.3 Å². The van der Waals surface area contributed by atoms with Gasteiger partial charge in [-0.2, -0.15) is 13.2 Å². The van der Waals surface area contributed by atoms with E-state index < -0.39 is 12.3 Å². The number of ether oxygens (including phenoxy) is 2. The summed E-state index contributed by atoms with van der Waals surface area (Å²) in [5.74, 6) is 1.31. The van der Waals surface area contributed by atoms with Crippen LogP contribution in [0.2, 0.25) is 0 Å². The first kappa shape index (κ1) is 23.4. The first-order valence-electron chi connectivity index (χ1n) is 10.2. The van der Waals surface area contributed by atoms with Gasteiger partial charge in [-0.15, -0.1) is 0 Å². The summed E-state index contributed by atoms with van der Waals surface area (Å²) >= 11 is 0. The van der Waals surface area contributed by atoms with Crippen LogP contribution in [-0.4, -0.2) is 42.9 Å². The fraction of sp³-hybridized carbons (Fsp3) is 0.250. The van der Waals surface area contributed by atoms with Crippen molar-refractivity contribution >= 4 is 16.7 Å². The monoisotopic (exact) mass is 473 g/mol. The highest BCUT2D eigenvalue weighted by Gasteiger charge is 2.39. The molecule has 1 aromatic heterocycles. The number of hydrogen-bond acceptors (Lipinski definition) is 7. The summed E-state index contributed by atoms with van der Waals surface area (Å²) in [6, 6.07) is 14.6. The van der Waals surface area contributed by atoms with Gasteiger partial charge < -0.3 is 19.5 Å². The van der Waals surface area contributed by atoms with Gasteiger partial charge in [0.1, 0.15) is 17.0 Å². The van der Waals surface area contributed by atoms with Crippen molar-refractivity contribution in [3.05, 3.63) is 65.7 Å². The summed E-state index contributed by atoms with van der Waals surface area (Å²) < 4.78 is 54.7. The Balaban J connectivity index is 1.73. The number of hydrogen-bond donors (Lipinski definition) is 1. The van der Waals surface area contributed by atoms with Crippen LogP contribution in [0.5, 0.6) is 11.5 Å². The fourth-order valence-corrected chi connectivity index (χ4v) is 3.73. The topological polar surface area (TPSA) is 80.9 Å². The Morgan fingerprint density at radius 2 is 1.79 bits per heavy atom. The Morgan fingerprint density at radius 1 is 1.00 bits per heavy atom. The molecular formula is C24H22F3N3O4. The number of rotatable bonds is 7. The van der Waals surface area contributed by atoms with E-state index in [1.807, 2.05) is 24.1 Å². The number of halogens is 3. The molecule has 1 heterocycles. The fourth-order valence-electron chi connectivity index (χ4n) is 3.73. The zero-order valence-electron chi connectivity index (χ0n) is 18.6. The third-order valence-electron chi connectivity index (χ3n) is 5.50. The van der Waals surface area contributed by atoms with Crippen molar-refractivity contribution in [2.45, 2.75) is 18.8 Å². The molecule has 0 spiro atoms. The van der Waals surface area contributed by atoms with Gasteiger partial charge in [0, 0.05) is 25.2 Å². The minimum absolute atomic E-state index is 0.249. The number of nitrogens with zero attached hydrogens (tertiary/aromatic N) is 3. The summed E-state index contributed by atoms with van der Waals surface area (Å²) in [4.78, 5) is 1.91. The Labute approximate surface area is 193 Å². The van der Waals surface area contributed by atoms with Crippen LogP contribution in [0.15, 0.2) is 59.2 Å². The molecule has 0 amide bonds. The predicted molar refractivity (Wildman–Crippen MR) is 120 cm³/mol. The van der Waals surface area contributed by atoms with Gasteiger partial charge in [0.2, 0.25) is 0 Å². The van der Waals surface area contributed by atoms with E-state index in [1.165, 1.54) is 18.2 Å². The zero-order valence-corrected chi connectivity index (χ0v) is 18.6. The van der Waals surface area contributed by atoms with Gasteiger partial charge in [0.05, 0.1) is 19.9 Å². The van der Waals surface area contributed by atoms with E-state index in [2.05, 4.69) is 10.3 Å². The average molecular weight is 473 g/mol. The highest BCUT2D eigenvalue weighted by molar-refractivity contribution is 5.92. The van der Waals surface area contributed by atoms with Crippen molar-refractivity contribution in [2.24, 2.45) is 0 Å². The number of benzene rings is 3. The number of anilines is 1. The minimum Gasteiger partial charge on any atom is -0.497 e. The van der Waals surface area contributed by atoms with E-state index in [-0.39, 0.29) is 5.56 Å². The third-order valence-corrected chi connectivity index (χ3v) is 5.50.